The molecule has 0 radical (unpaired) electrons. The number of aliphatic hydroxyl groups is 1. The molecule has 2 aromatic carbocycles. The molecule has 1 unspecified atom stereocenters. The van der Waals surface area contributed by atoms with Crippen molar-refractivity contribution in [3.63, 3.8) is 0 Å². The zero-order valence-electron chi connectivity index (χ0n) is 12.7. The van der Waals surface area contributed by atoms with Gasteiger partial charge in [-0.05, 0) is 17.7 Å². The number of nitriles is 1. The number of hydrogen-bond acceptors (Lipinski definition) is 4. The van der Waals surface area contributed by atoms with E-state index in [0.717, 1.165) is 11.1 Å². The molecule has 1 atom stereocenters. The molecule has 24 heavy (non-hydrogen) atoms. The van der Waals surface area contributed by atoms with Crippen molar-refractivity contribution in [2.24, 2.45) is 0 Å². The first kappa shape index (κ1) is 16.1. The second-order valence-corrected chi connectivity index (χ2v) is 5.77. The van der Waals surface area contributed by atoms with Crippen LogP contribution in [0, 0.1) is 11.3 Å². The van der Waals surface area contributed by atoms with Crippen molar-refractivity contribution in [1.82, 2.24) is 9.78 Å². The average molecular weight is 339 g/mol. The van der Waals surface area contributed by atoms with Crippen LogP contribution in [0.2, 0.25) is 5.02 Å². The van der Waals surface area contributed by atoms with Crippen LogP contribution >= 0.6 is 11.6 Å². The van der Waals surface area contributed by atoms with E-state index in [2.05, 4.69) is 11.2 Å². The highest BCUT2D eigenvalue weighted by Gasteiger charge is 2.19. The van der Waals surface area contributed by atoms with Crippen molar-refractivity contribution in [3.05, 3.63) is 70.7 Å². The van der Waals surface area contributed by atoms with Crippen molar-refractivity contribution in [2.45, 2.75) is 12.6 Å². The van der Waals surface area contributed by atoms with Gasteiger partial charge in [-0.1, -0.05) is 54.1 Å². The highest BCUT2D eigenvalue weighted by Crippen LogP contribution is 2.28. The van der Waals surface area contributed by atoms with E-state index >= 15 is 0 Å². The largest absolute Gasteiger partial charge is 0.386 e. The fraction of sp³-hybridized carbons (Fsp3) is 0.111. The lowest BCUT2D eigenvalue weighted by Gasteiger charge is -2.12. The molecule has 3 aromatic rings. The third kappa shape index (κ3) is 3.11. The summed E-state index contributed by atoms with van der Waals surface area (Å²) in [6.45, 7) is 0.165. The van der Waals surface area contributed by atoms with E-state index in [1.54, 1.807) is 24.3 Å². The minimum absolute atomic E-state index is 0.165. The van der Waals surface area contributed by atoms with Gasteiger partial charge in [0.25, 0.3) is 0 Å². The Kier molecular flexibility index (Phi) is 4.52. The molecule has 6 heteroatoms. The van der Waals surface area contributed by atoms with Crippen LogP contribution in [0.4, 0.5) is 5.82 Å². The maximum absolute atomic E-state index is 10.4. The molecule has 0 spiro atoms. The zero-order valence-corrected chi connectivity index (χ0v) is 13.5. The molecular formula is C18H15ClN4O. The van der Waals surface area contributed by atoms with Crippen molar-refractivity contribution < 1.29 is 5.11 Å². The molecule has 120 valence electrons. The van der Waals surface area contributed by atoms with E-state index in [-0.39, 0.29) is 17.9 Å². The van der Waals surface area contributed by atoms with Crippen molar-refractivity contribution in [3.8, 4) is 17.3 Å². The van der Waals surface area contributed by atoms with Gasteiger partial charge in [0.15, 0.2) is 0 Å². The molecule has 0 aliphatic carbocycles. The summed E-state index contributed by atoms with van der Waals surface area (Å²) in [5.74, 6) is 0.234. The Balaban J connectivity index is 1.95. The Labute approximate surface area is 144 Å². The van der Waals surface area contributed by atoms with Crippen molar-refractivity contribution in [2.75, 3.05) is 5.73 Å². The first-order valence-electron chi connectivity index (χ1n) is 7.35. The van der Waals surface area contributed by atoms with Gasteiger partial charge in [0.1, 0.15) is 23.1 Å². The summed E-state index contributed by atoms with van der Waals surface area (Å²) in [4.78, 5) is 0. The minimum Gasteiger partial charge on any atom is -0.386 e. The smallest absolute Gasteiger partial charge is 0.140 e. The number of aliphatic hydroxyl groups excluding tert-OH is 1. The number of nitrogens with zero attached hydrogens (tertiary/aromatic N) is 3. The molecule has 0 aliphatic rings. The van der Waals surface area contributed by atoms with Crippen LogP contribution in [-0.4, -0.2) is 14.9 Å². The summed E-state index contributed by atoms with van der Waals surface area (Å²) in [6, 6.07) is 18.3. The van der Waals surface area contributed by atoms with Gasteiger partial charge in [0.05, 0.1) is 12.6 Å². The van der Waals surface area contributed by atoms with Crippen LogP contribution in [0.25, 0.3) is 11.3 Å². The quantitative estimate of drug-likeness (QED) is 0.763. The van der Waals surface area contributed by atoms with E-state index in [9.17, 15) is 10.4 Å². The lowest BCUT2D eigenvalue weighted by molar-refractivity contribution is 0.152. The Hall–Kier alpha value is -2.81. The summed E-state index contributed by atoms with van der Waals surface area (Å²) >= 11 is 5.90. The van der Waals surface area contributed by atoms with Crippen LogP contribution in [-0.2, 0) is 6.54 Å². The van der Waals surface area contributed by atoms with E-state index < -0.39 is 6.10 Å². The lowest BCUT2D eigenvalue weighted by Crippen LogP contribution is -2.12. The number of halogens is 1. The second-order valence-electron chi connectivity index (χ2n) is 5.34. The van der Waals surface area contributed by atoms with Gasteiger partial charge in [-0.2, -0.15) is 10.4 Å². The molecule has 1 heterocycles. The average Bonchev–Trinajstić information content (AvgIpc) is 2.92. The standard InChI is InChI=1S/C18H15ClN4O/c19-14-8-6-13(7-9-14)17-15(10-20)18(21)23(22-17)11-16(24)12-4-2-1-3-5-12/h1-9,16,24H,11,21H2. The molecular weight excluding hydrogens is 324 g/mol. The van der Waals surface area contributed by atoms with Crippen molar-refractivity contribution >= 4 is 17.4 Å². The molecule has 3 rings (SSSR count). The van der Waals surface area contributed by atoms with Gasteiger partial charge < -0.3 is 10.8 Å². The minimum atomic E-state index is -0.766. The predicted molar refractivity (Wildman–Crippen MR) is 93.2 cm³/mol. The van der Waals surface area contributed by atoms with E-state index in [1.165, 1.54) is 4.68 Å². The molecule has 1 aromatic heterocycles. The number of nitrogens with two attached hydrogens (primary N) is 1. The third-order valence-electron chi connectivity index (χ3n) is 3.75. The first-order chi connectivity index (χ1) is 11.6. The summed E-state index contributed by atoms with van der Waals surface area (Å²) in [5, 5.41) is 24.8. The molecule has 0 fully saturated rings. The van der Waals surface area contributed by atoms with Crippen LogP contribution in [0.3, 0.4) is 0 Å². The molecule has 0 amide bonds. The maximum Gasteiger partial charge on any atom is 0.140 e. The van der Waals surface area contributed by atoms with Gasteiger partial charge in [-0.25, -0.2) is 4.68 Å². The van der Waals surface area contributed by atoms with E-state index in [4.69, 9.17) is 17.3 Å². The Bertz CT molecular complexity index is 882. The number of anilines is 1. The maximum atomic E-state index is 10.4. The molecule has 3 N–H and O–H groups in total. The van der Waals surface area contributed by atoms with Crippen LogP contribution in [0.1, 0.15) is 17.2 Å². The highest BCUT2D eigenvalue weighted by atomic mass is 35.5. The van der Waals surface area contributed by atoms with Gasteiger partial charge in [0, 0.05) is 10.6 Å². The third-order valence-corrected chi connectivity index (χ3v) is 4.00. The zero-order chi connectivity index (χ0) is 17.1. The Morgan fingerprint density at radius 1 is 1.17 bits per heavy atom. The van der Waals surface area contributed by atoms with Crippen molar-refractivity contribution in [1.29, 1.82) is 5.26 Å². The number of nitrogen functional groups attached to an aromatic ring is 1. The van der Waals surface area contributed by atoms with Gasteiger partial charge in [0.2, 0.25) is 0 Å². The number of rotatable bonds is 4. The van der Waals surface area contributed by atoms with E-state index in [0.29, 0.717) is 10.7 Å². The SMILES string of the molecule is N#Cc1c(-c2ccc(Cl)cc2)nn(CC(O)c2ccccc2)c1N. The molecule has 0 aliphatic heterocycles. The number of aromatic nitrogens is 2. The summed E-state index contributed by atoms with van der Waals surface area (Å²) < 4.78 is 1.46. The number of benzene rings is 2. The molecule has 5 nitrogen and oxygen atoms in total. The summed E-state index contributed by atoms with van der Waals surface area (Å²) in [7, 11) is 0. The fourth-order valence-corrected chi connectivity index (χ4v) is 2.60. The normalized spacial score (nSPS) is 11.9. The highest BCUT2D eigenvalue weighted by molar-refractivity contribution is 6.30. The molecule has 0 saturated carbocycles. The number of hydrogen-bond donors (Lipinski definition) is 2. The monoisotopic (exact) mass is 338 g/mol. The van der Waals surface area contributed by atoms with Gasteiger partial charge in [-0.3, -0.25) is 0 Å². The molecule has 0 saturated heterocycles. The predicted octanol–water partition coefficient (Wildman–Crippen LogP) is 3.39. The first-order valence-corrected chi connectivity index (χ1v) is 7.73. The topological polar surface area (TPSA) is 87.9 Å². The fourth-order valence-electron chi connectivity index (χ4n) is 2.48. The van der Waals surface area contributed by atoms with E-state index in [1.807, 2.05) is 30.3 Å². The van der Waals surface area contributed by atoms with Gasteiger partial charge >= 0.3 is 0 Å². The van der Waals surface area contributed by atoms with Crippen LogP contribution < -0.4 is 5.73 Å². The summed E-state index contributed by atoms with van der Waals surface area (Å²) in [6.07, 6.45) is -0.766. The van der Waals surface area contributed by atoms with Crippen LogP contribution in [0.5, 0.6) is 0 Å². The summed E-state index contributed by atoms with van der Waals surface area (Å²) in [5.41, 5.74) is 8.33. The Morgan fingerprint density at radius 2 is 1.83 bits per heavy atom. The Morgan fingerprint density at radius 3 is 2.46 bits per heavy atom. The second kappa shape index (κ2) is 6.75. The van der Waals surface area contributed by atoms with Crippen LogP contribution in [0.15, 0.2) is 54.6 Å². The molecule has 0 bridgehead atoms. The van der Waals surface area contributed by atoms with Gasteiger partial charge in [-0.15, -0.1) is 0 Å². The lowest BCUT2D eigenvalue weighted by atomic mass is 10.1.